The van der Waals surface area contributed by atoms with Crippen LogP contribution >= 0.6 is 7.94 Å². The van der Waals surface area contributed by atoms with Crippen molar-refractivity contribution in [2.75, 3.05) is 18.5 Å². The maximum Gasteiger partial charge on any atom is 0.413 e. The monoisotopic (exact) mass is 445 g/mol. The molecule has 1 aliphatic rings. The summed E-state index contributed by atoms with van der Waals surface area (Å²) in [6.45, 7) is 1.01. The second kappa shape index (κ2) is 9.66. The van der Waals surface area contributed by atoms with Crippen LogP contribution in [-0.4, -0.2) is 29.2 Å². The highest BCUT2D eigenvalue weighted by molar-refractivity contribution is 7.59. The number of carbonyl (C=O) groups is 1. The van der Waals surface area contributed by atoms with Gasteiger partial charge in [0.1, 0.15) is 5.82 Å². The molecule has 1 fully saturated rings. The van der Waals surface area contributed by atoms with Gasteiger partial charge in [-0.05, 0) is 48.4 Å². The van der Waals surface area contributed by atoms with Crippen LogP contribution in [0.2, 0.25) is 0 Å². The van der Waals surface area contributed by atoms with E-state index in [1.165, 1.54) is 12.1 Å². The van der Waals surface area contributed by atoms with Gasteiger partial charge in [0.25, 0.3) is 0 Å². The summed E-state index contributed by atoms with van der Waals surface area (Å²) in [6, 6.07) is 13.2. The number of nitrogens with one attached hydrogen (secondary N) is 1. The van der Waals surface area contributed by atoms with Gasteiger partial charge in [-0.1, -0.05) is 17.3 Å². The molecule has 0 aliphatic carbocycles. The summed E-state index contributed by atoms with van der Waals surface area (Å²) in [4.78, 5) is 22.8. The van der Waals surface area contributed by atoms with Crippen molar-refractivity contribution in [3.63, 3.8) is 0 Å². The van der Waals surface area contributed by atoms with E-state index >= 15 is 0 Å². The van der Waals surface area contributed by atoms with Crippen molar-refractivity contribution >= 4 is 19.5 Å². The van der Waals surface area contributed by atoms with Crippen molar-refractivity contribution in [1.29, 1.82) is 0 Å². The van der Waals surface area contributed by atoms with Crippen LogP contribution in [0.15, 0.2) is 59.3 Å². The third-order valence-electron chi connectivity index (χ3n) is 4.87. The van der Waals surface area contributed by atoms with Crippen LogP contribution in [0.25, 0.3) is 11.3 Å². The van der Waals surface area contributed by atoms with Gasteiger partial charge >= 0.3 is 7.94 Å². The number of amides is 1. The molecule has 0 radical (unpaired) electrons. The van der Waals surface area contributed by atoms with E-state index in [9.17, 15) is 14.1 Å². The molecule has 2 aromatic carbocycles. The normalized spacial score (nSPS) is 15.5. The van der Waals surface area contributed by atoms with Gasteiger partial charge in [-0.25, -0.2) is 4.39 Å². The van der Waals surface area contributed by atoms with Gasteiger partial charge in [0, 0.05) is 29.7 Å². The summed E-state index contributed by atoms with van der Waals surface area (Å²) >= 11 is 0. The Morgan fingerprint density at radius 2 is 1.81 bits per heavy atom. The molecular weight excluding hydrogens is 422 g/mol. The number of anilines is 1. The standard InChI is InChI=1S/C22H22FN2O5P/c23-19-7-4-17(5-8-19)22-18(14-24-30-22)6-11-21(26)25-20-9-2-16(3-10-20)15-31(27)28-12-1-13-29-31/h2-5,7-10,14,27H,1,6,11-13,15H2/p+1. The summed E-state index contributed by atoms with van der Waals surface area (Å²) in [5.41, 5.74) is 3.03. The number of aryl methyl sites for hydroxylation is 1. The minimum Gasteiger partial charge on any atom is -0.356 e. The molecule has 3 aromatic rings. The van der Waals surface area contributed by atoms with Gasteiger partial charge < -0.3 is 9.84 Å². The van der Waals surface area contributed by atoms with Gasteiger partial charge in [-0.15, -0.1) is 0 Å². The lowest BCUT2D eigenvalue weighted by molar-refractivity contribution is -0.116. The maximum absolute atomic E-state index is 13.1. The van der Waals surface area contributed by atoms with Crippen molar-refractivity contribution in [2.24, 2.45) is 0 Å². The number of benzene rings is 2. The van der Waals surface area contributed by atoms with E-state index in [-0.39, 0.29) is 18.1 Å². The van der Waals surface area contributed by atoms with E-state index in [0.717, 1.165) is 17.5 Å². The third kappa shape index (κ3) is 5.74. The number of carbonyl (C=O) groups excluding carboxylic acids is 1. The summed E-state index contributed by atoms with van der Waals surface area (Å²) in [5.74, 6) is 0.0553. The lowest BCUT2D eigenvalue weighted by Gasteiger charge is -2.21. The first kappa shape index (κ1) is 21.6. The summed E-state index contributed by atoms with van der Waals surface area (Å²) in [5, 5.41) is 6.66. The van der Waals surface area contributed by atoms with Gasteiger partial charge in [-0.2, -0.15) is 13.9 Å². The largest absolute Gasteiger partial charge is 0.413 e. The zero-order valence-electron chi connectivity index (χ0n) is 16.8. The second-order valence-corrected chi connectivity index (χ2v) is 9.36. The lowest BCUT2D eigenvalue weighted by atomic mass is 10.1. The van der Waals surface area contributed by atoms with Gasteiger partial charge in [0.15, 0.2) is 11.9 Å². The number of halogens is 1. The van der Waals surface area contributed by atoms with Crippen LogP contribution in [-0.2, 0) is 26.4 Å². The van der Waals surface area contributed by atoms with E-state index in [0.29, 0.717) is 42.8 Å². The van der Waals surface area contributed by atoms with E-state index in [2.05, 4.69) is 10.5 Å². The number of hydrogen-bond acceptors (Lipinski definition) is 6. The number of aromatic nitrogens is 1. The molecule has 4 rings (SSSR count). The topological polar surface area (TPSA) is 93.8 Å². The Hall–Kier alpha value is -2.64. The van der Waals surface area contributed by atoms with E-state index < -0.39 is 7.94 Å². The van der Waals surface area contributed by atoms with Crippen LogP contribution in [0.5, 0.6) is 0 Å². The minimum atomic E-state index is -2.82. The molecule has 2 heterocycles. The van der Waals surface area contributed by atoms with Crippen molar-refractivity contribution in [1.82, 2.24) is 5.16 Å². The number of hydrogen-bond donors (Lipinski definition) is 2. The highest BCUT2D eigenvalue weighted by Gasteiger charge is 2.43. The smallest absolute Gasteiger partial charge is 0.356 e. The Labute approximate surface area is 179 Å². The van der Waals surface area contributed by atoms with Crippen LogP contribution in [0.3, 0.4) is 0 Å². The second-order valence-electron chi connectivity index (χ2n) is 7.25. The van der Waals surface area contributed by atoms with Gasteiger partial charge in [0.05, 0.1) is 19.4 Å². The Morgan fingerprint density at radius 1 is 1.10 bits per heavy atom. The van der Waals surface area contributed by atoms with Crippen LogP contribution < -0.4 is 5.32 Å². The Morgan fingerprint density at radius 3 is 2.52 bits per heavy atom. The average Bonchev–Trinajstić information content (AvgIpc) is 3.23. The summed E-state index contributed by atoms with van der Waals surface area (Å²) in [7, 11) is -2.82. The van der Waals surface area contributed by atoms with E-state index in [1.54, 1.807) is 30.5 Å². The zero-order valence-corrected chi connectivity index (χ0v) is 17.7. The third-order valence-corrected chi connectivity index (χ3v) is 6.80. The Kier molecular flexibility index (Phi) is 6.73. The molecule has 31 heavy (non-hydrogen) atoms. The van der Waals surface area contributed by atoms with Crippen molar-refractivity contribution < 1.29 is 27.6 Å². The molecular formula is C22H23FN2O5P+. The van der Waals surface area contributed by atoms with Gasteiger partial charge in [0.2, 0.25) is 5.91 Å². The Bertz CT molecular complexity index is 1020. The molecule has 7 nitrogen and oxygen atoms in total. The summed E-state index contributed by atoms with van der Waals surface area (Å²) in [6.07, 6.45) is 3.36. The molecule has 2 N–H and O–H groups in total. The lowest BCUT2D eigenvalue weighted by Crippen LogP contribution is -2.14. The molecule has 1 amide bonds. The first-order valence-corrected chi connectivity index (χ1v) is 11.8. The predicted octanol–water partition coefficient (Wildman–Crippen LogP) is 4.74. The molecule has 0 spiro atoms. The highest BCUT2D eigenvalue weighted by atomic mass is 31.2. The molecule has 9 heteroatoms. The quantitative estimate of drug-likeness (QED) is 0.510. The molecule has 1 saturated heterocycles. The number of rotatable bonds is 7. The molecule has 0 unspecified atom stereocenters. The maximum atomic E-state index is 13.1. The molecule has 0 atom stereocenters. The average molecular weight is 445 g/mol. The number of nitrogens with zero attached hydrogens (tertiary/aromatic N) is 1. The van der Waals surface area contributed by atoms with Crippen LogP contribution in [0.1, 0.15) is 24.0 Å². The predicted molar refractivity (Wildman–Crippen MR) is 115 cm³/mol. The van der Waals surface area contributed by atoms with E-state index in [4.69, 9.17) is 13.6 Å². The summed E-state index contributed by atoms with van der Waals surface area (Å²) < 4.78 is 29.3. The fourth-order valence-corrected chi connectivity index (χ4v) is 5.03. The zero-order chi connectivity index (χ0) is 21.7. The van der Waals surface area contributed by atoms with E-state index in [1.807, 2.05) is 12.1 Å². The van der Waals surface area contributed by atoms with Crippen molar-refractivity contribution in [3.05, 3.63) is 71.7 Å². The van der Waals surface area contributed by atoms with Crippen molar-refractivity contribution in [3.8, 4) is 11.3 Å². The van der Waals surface area contributed by atoms with Gasteiger partial charge in [-0.3, -0.25) is 4.79 Å². The molecule has 1 aromatic heterocycles. The fraction of sp³-hybridized carbons (Fsp3) is 0.273. The van der Waals surface area contributed by atoms with Crippen LogP contribution in [0, 0.1) is 5.82 Å². The molecule has 0 saturated carbocycles. The van der Waals surface area contributed by atoms with Crippen LogP contribution in [0.4, 0.5) is 10.1 Å². The highest BCUT2D eigenvalue weighted by Crippen LogP contribution is 2.61. The SMILES string of the molecule is O=C(CCc1cnoc1-c1ccc(F)cc1)Nc1ccc(C[P+]2(O)OCCCO2)cc1. The Balaban J connectivity index is 1.30. The molecule has 162 valence electrons. The first-order valence-electron chi connectivity index (χ1n) is 9.99. The minimum absolute atomic E-state index is 0.149. The van der Waals surface area contributed by atoms with Crippen molar-refractivity contribution in [2.45, 2.75) is 25.4 Å². The molecule has 0 bridgehead atoms. The fourth-order valence-electron chi connectivity index (χ4n) is 3.28. The first-order chi connectivity index (χ1) is 15.0. The molecule has 1 aliphatic heterocycles.